The van der Waals surface area contributed by atoms with Crippen LogP contribution in [0.3, 0.4) is 0 Å². The van der Waals surface area contributed by atoms with Gasteiger partial charge in [-0.05, 0) is 11.1 Å². The third-order valence-electron chi connectivity index (χ3n) is 4.37. The Morgan fingerprint density at radius 3 is 2.74 bits per heavy atom. The molecule has 4 nitrogen and oxygen atoms in total. The lowest BCUT2D eigenvalue weighted by Crippen LogP contribution is -2.17. The van der Waals surface area contributed by atoms with E-state index in [0.29, 0.717) is 6.54 Å². The van der Waals surface area contributed by atoms with E-state index in [1.807, 2.05) is 0 Å². The van der Waals surface area contributed by atoms with E-state index < -0.39 is 0 Å². The number of aliphatic hydroxyl groups is 1. The fraction of sp³-hybridized carbons (Fsp3) is 0.211. The highest BCUT2D eigenvalue weighted by atomic mass is 16.3. The lowest BCUT2D eigenvalue weighted by molar-refractivity contribution is 0.292. The summed E-state index contributed by atoms with van der Waals surface area (Å²) < 4.78 is 0. The van der Waals surface area contributed by atoms with Gasteiger partial charge in [0.15, 0.2) is 0 Å². The van der Waals surface area contributed by atoms with Crippen molar-refractivity contribution in [1.82, 2.24) is 15.5 Å². The van der Waals surface area contributed by atoms with Crippen molar-refractivity contribution in [2.75, 3.05) is 13.2 Å². The highest BCUT2D eigenvalue weighted by Gasteiger charge is 2.24. The Hall–Kier alpha value is -2.43. The molecule has 0 saturated heterocycles. The lowest BCUT2D eigenvalue weighted by Gasteiger charge is -2.05. The molecule has 3 aromatic rings. The molecule has 0 aliphatic heterocycles. The van der Waals surface area contributed by atoms with Gasteiger partial charge >= 0.3 is 0 Å². The maximum Gasteiger partial charge on any atom is 0.0962 e. The second kappa shape index (κ2) is 5.99. The average molecular weight is 305 g/mol. The zero-order valence-corrected chi connectivity index (χ0v) is 12.8. The summed E-state index contributed by atoms with van der Waals surface area (Å²) in [5.74, 6) is 0. The minimum absolute atomic E-state index is 0.165. The summed E-state index contributed by atoms with van der Waals surface area (Å²) in [6, 6.07) is 17.0. The van der Waals surface area contributed by atoms with Crippen molar-refractivity contribution in [2.45, 2.75) is 13.0 Å². The molecule has 1 aromatic heterocycles. The highest BCUT2D eigenvalue weighted by Crippen LogP contribution is 2.39. The molecule has 0 spiro atoms. The van der Waals surface area contributed by atoms with Gasteiger partial charge in [0, 0.05) is 36.2 Å². The van der Waals surface area contributed by atoms with Gasteiger partial charge in [-0.2, -0.15) is 5.10 Å². The average Bonchev–Trinajstić information content (AvgIpc) is 3.15. The number of nitrogens with one attached hydrogen (secondary N) is 2. The Bertz CT molecular complexity index is 821. The summed E-state index contributed by atoms with van der Waals surface area (Å²) >= 11 is 0. The van der Waals surface area contributed by atoms with E-state index in [1.54, 1.807) is 0 Å². The van der Waals surface area contributed by atoms with Crippen LogP contribution in [-0.4, -0.2) is 28.5 Å². The molecule has 1 heterocycles. The van der Waals surface area contributed by atoms with Crippen LogP contribution in [0.4, 0.5) is 0 Å². The zero-order chi connectivity index (χ0) is 15.6. The van der Waals surface area contributed by atoms with Crippen molar-refractivity contribution in [1.29, 1.82) is 0 Å². The monoisotopic (exact) mass is 305 g/mol. The van der Waals surface area contributed by atoms with E-state index in [-0.39, 0.29) is 6.61 Å². The van der Waals surface area contributed by atoms with E-state index in [4.69, 9.17) is 5.11 Å². The summed E-state index contributed by atoms with van der Waals surface area (Å²) in [4.78, 5) is 0. The van der Waals surface area contributed by atoms with Crippen LogP contribution in [0.2, 0.25) is 0 Å². The first-order valence-electron chi connectivity index (χ1n) is 7.93. The van der Waals surface area contributed by atoms with Gasteiger partial charge in [0.2, 0.25) is 0 Å². The minimum atomic E-state index is 0.165. The molecule has 0 fully saturated rings. The lowest BCUT2D eigenvalue weighted by atomic mass is 10.0. The molecule has 0 saturated carbocycles. The normalized spacial score (nSPS) is 12.2. The second-order valence-electron chi connectivity index (χ2n) is 5.86. The predicted octanol–water partition coefficient (Wildman–Crippen LogP) is 2.73. The third-order valence-corrected chi connectivity index (χ3v) is 4.37. The van der Waals surface area contributed by atoms with Gasteiger partial charge < -0.3 is 10.4 Å². The molecule has 116 valence electrons. The van der Waals surface area contributed by atoms with Crippen LogP contribution in [0.15, 0.2) is 48.5 Å². The predicted molar refractivity (Wildman–Crippen MR) is 91.1 cm³/mol. The Labute approximate surface area is 135 Å². The first-order valence-corrected chi connectivity index (χ1v) is 7.93. The van der Waals surface area contributed by atoms with Gasteiger partial charge in [0.25, 0.3) is 0 Å². The molecule has 4 heteroatoms. The second-order valence-corrected chi connectivity index (χ2v) is 5.86. The number of fused-ring (bicyclic) bond motifs is 3. The third kappa shape index (κ3) is 2.56. The van der Waals surface area contributed by atoms with Crippen molar-refractivity contribution in [2.24, 2.45) is 0 Å². The first kappa shape index (κ1) is 14.2. The van der Waals surface area contributed by atoms with Crippen molar-refractivity contribution in [3.8, 4) is 22.5 Å². The number of aromatic nitrogens is 2. The van der Waals surface area contributed by atoms with Gasteiger partial charge in [0.1, 0.15) is 0 Å². The maximum atomic E-state index is 8.80. The molecule has 0 atom stereocenters. The maximum absolute atomic E-state index is 8.80. The fourth-order valence-electron chi connectivity index (χ4n) is 3.20. The van der Waals surface area contributed by atoms with Crippen LogP contribution < -0.4 is 5.32 Å². The standard InChI is InChI=1S/C19H19N3O/c23-10-9-20-12-13-5-7-14(8-6-13)18-17-11-15-3-1-2-4-16(15)19(17)22-21-18/h1-8,20,23H,9-12H2,(H,21,22). The van der Waals surface area contributed by atoms with E-state index in [9.17, 15) is 0 Å². The topological polar surface area (TPSA) is 60.9 Å². The largest absolute Gasteiger partial charge is 0.395 e. The smallest absolute Gasteiger partial charge is 0.0962 e. The Morgan fingerprint density at radius 1 is 1.09 bits per heavy atom. The van der Waals surface area contributed by atoms with Crippen LogP contribution >= 0.6 is 0 Å². The van der Waals surface area contributed by atoms with Crippen LogP contribution in [0.1, 0.15) is 16.7 Å². The molecule has 23 heavy (non-hydrogen) atoms. The molecule has 0 unspecified atom stereocenters. The van der Waals surface area contributed by atoms with E-state index in [1.165, 1.54) is 22.3 Å². The number of hydrogen-bond donors (Lipinski definition) is 3. The number of rotatable bonds is 5. The number of benzene rings is 2. The van der Waals surface area contributed by atoms with Crippen LogP contribution in [0.5, 0.6) is 0 Å². The summed E-state index contributed by atoms with van der Waals surface area (Å²) in [6.07, 6.45) is 0.942. The van der Waals surface area contributed by atoms with Crippen molar-refractivity contribution in [3.05, 3.63) is 65.2 Å². The van der Waals surface area contributed by atoms with E-state index in [0.717, 1.165) is 29.9 Å². The summed E-state index contributed by atoms with van der Waals surface area (Å²) in [5, 5.41) is 19.7. The van der Waals surface area contributed by atoms with Crippen molar-refractivity contribution >= 4 is 0 Å². The molecular weight excluding hydrogens is 286 g/mol. The molecule has 3 N–H and O–H groups in total. The number of aliphatic hydroxyl groups excluding tert-OH is 1. The summed E-state index contributed by atoms with van der Waals surface area (Å²) in [5.41, 5.74) is 8.47. The molecule has 2 aromatic carbocycles. The van der Waals surface area contributed by atoms with Gasteiger partial charge in [-0.1, -0.05) is 48.5 Å². The molecule has 1 aliphatic carbocycles. The number of nitrogens with zero attached hydrogens (tertiary/aromatic N) is 1. The number of H-pyrrole nitrogens is 1. The molecule has 1 aliphatic rings. The summed E-state index contributed by atoms with van der Waals surface area (Å²) in [6.45, 7) is 1.55. The molecule has 0 bridgehead atoms. The van der Waals surface area contributed by atoms with Crippen molar-refractivity contribution < 1.29 is 5.11 Å². The number of aromatic amines is 1. The van der Waals surface area contributed by atoms with Crippen LogP contribution in [0.25, 0.3) is 22.5 Å². The van der Waals surface area contributed by atoms with Gasteiger partial charge in [-0.25, -0.2) is 0 Å². The van der Waals surface area contributed by atoms with Crippen LogP contribution in [0, 0.1) is 0 Å². The van der Waals surface area contributed by atoms with Gasteiger partial charge in [-0.15, -0.1) is 0 Å². The highest BCUT2D eigenvalue weighted by molar-refractivity contribution is 5.80. The Morgan fingerprint density at radius 2 is 1.91 bits per heavy atom. The Kier molecular flexibility index (Phi) is 3.69. The minimum Gasteiger partial charge on any atom is -0.395 e. The molecular formula is C19H19N3O. The Balaban J connectivity index is 1.59. The van der Waals surface area contributed by atoms with Crippen molar-refractivity contribution in [3.63, 3.8) is 0 Å². The van der Waals surface area contributed by atoms with Crippen LogP contribution in [-0.2, 0) is 13.0 Å². The fourth-order valence-corrected chi connectivity index (χ4v) is 3.20. The van der Waals surface area contributed by atoms with E-state index >= 15 is 0 Å². The van der Waals surface area contributed by atoms with Gasteiger partial charge in [-0.3, -0.25) is 5.10 Å². The molecule has 4 rings (SSSR count). The number of hydrogen-bond acceptors (Lipinski definition) is 3. The molecule has 0 amide bonds. The quantitative estimate of drug-likeness (QED) is 0.497. The summed E-state index contributed by atoms with van der Waals surface area (Å²) in [7, 11) is 0. The van der Waals surface area contributed by atoms with Gasteiger partial charge in [0.05, 0.1) is 18.0 Å². The molecule has 0 radical (unpaired) electrons. The first-order chi connectivity index (χ1) is 11.4. The van der Waals surface area contributed by atoms with E-state index in [2.05, 4.69) is 64.0 Å². The zero-order valence-electron chi connectivity index (χ0n) is 12.8. The SMILES string of the molecule is OCCNCc1ccc(-c2n[nH]c3c2Cc2ccccc2-3)cc1.